The van der Waals surface area contributed by atoms with Crippen LogP contribution in [0.25, 0.3) is 0 Å². The van der Waals surface area contributed by atoms with Crippen LogP contribution in [0.3, 0.4) is 0 Å². The van der Waals surface area contributed by atoms with E-state index in [0.29, 0.717) is 13.2 Å². The molecule has 0 amide bonds. The zero-order valence-corrected chi connectivity index (χ0v) is 13.7. The average molecular weight is 304 g/mol. The van der Waals surface area contributed by atoms with Gasteiger partial charge in [-0.1, -0.05) is 43.7 Å². The van der Waals surface area contributed by atoms with Crippen LogP contribution in [0.1, 0.15) is 25.3 Å². The molecule has 1 aromatic rings. The van der Waals surface area contributed by atoms with Gasteiger partial charge in [0.05, 0.1) is 13.2 Å². The molecule has 0 aliphatic carbocycles. The second-order valence-corrected chi connectivity index (χ2v) is 5.93. The summed E-state index contributed by atoms with van der Waals surface area (Å²) in [6, 6.07) is 10.6. The van der Waals surface area contributed by atoms with Gasteiger partial charge < -0.3 is 9.64 Å². The molecule has 122 valence electrons. The van der Waals surface area contributed by atoms with Gasteiger partial charge in [0.25, 0.3) is 0 Å². The van der Waals surface area contributed by atoms with E-state index in [4.69, 9.17) is 4.74 Å². The van der Waals surface area contributed by atoms with Crippen LogP contribution in [0.2, 0.25) is 0 Å². The fourth-order valence-corrected chi connectivity index (χ4v) is 2.66. The van der Waals surface area contributed by atoms with Crippen molar-refractivity contribution < 1.29 is 9.53 Å². The Bertz CT molecular complexity index is 428. The predicted molar refractivity (Wildman–Crippen MR) is 88.9 cm³/mol. The molecule has 0 bridgehead atoms. The Hall–Kier alpha value is -1.39. The molecule has 4 heteroatoms. The Morgan fingerprint density at radius 2 is 1.77 bits per heavy atom. The van der Waals surface area contributed by atoms with Crippen molar-refractivity contribution in [2.75, 3.05) is 45.9 Å². The van der Waals surface area contributed by atoms with Crippen molar-refractivity contribution in [2.45, 2.75) is 26.2 Å². The van der Waals surface area contributed by atoms with Crippen LogP contribution in [-0.4, -0.2) is 61.6 Å². The van der Waals surface area contributed by atoms with Crippen LogP contribution in [-0.2, 0) is 16.0 Å². The summed E-state index contributed by atoms with van der Waals surface area (Å²) in [6.07, 6.45) is 3.12. The SMILES string of the molecule is CCCCOC(=O)CN1CCN(CCc2ccccc2)CC1. The molecule has 0 aromatic heterocycles. The number of ether oxygens (including phenoxy) is 1. The molecule has 1 fully saturated rings. The second kappa shape index (κ2) is 9.59. The minimum absolute atomic E-state index is 0.0776. The van der Waals surface area contributed by atoms with Crippen LogP contribution >= 0.6 is 0 Å². The van der Waals surface area contributed by atoms with Crippen molar-refractivity contribution in [2.24, 2.45) is 0 Å². The van der Waals surface area contributed by atoms with Crippen LogP contribution in [0.4, 0.5) is 0 Å². The molecule has 1 heterocycles. The van der Waals surface area contributed by atoms with Gasteiger partial charge in [0.2, 0.25) is 0 Å². The summed E-state index contributed by atoms with van der Waals surface area (Å²) in [4.78, 5) is 16.4. The van der Waals surface area contributed by atoms with Gasteiger partial charge >= 0.3 is 5.97 Å². The number of nitrogens with zero attached hydrogens (tertiary/aromatic N) is 2. The Morgan fingerprint density at radius 3 is 2.45 bits per heavy atom. The Kier molecular flexibility index (Phi) is 7.40. The summed E-state index contributed by atoms with van der Waals surface area (Å²) in [5.74, 6) is -0.0776. The van der Waals surface area contributed by atoms with Crippen molar-refractivity contribution >= 4 is 5.97 Å². The van der Waals surface area contributed by atoms with E-state index < -0.39 is 0 Å². The first-order valence-electron chi connectivity index (χ1n) is 8.42. The molecule has 0 unspecified atom stereocenters. The van der Waals surface area contributed by atoms with Gasteiger partial charge in [-0.3, -0.25) is 9.69 Å². The molecule has 0 radical (unpaired) electrons. The first-order chi connectivity index (χ1) is 10.8. The first kappa shape index (κ1) is 17.0. The lowest BCUT2D eigenvalue weighted by atomic mass is 10.1. The molecule has 1 aliphatic heterocycles. The number of hydrogen-bond acceptors (Lipinski definition) is 4. The molecule has 1 aromatic carbocycles. The number of rotatable bonds is 8. The number of carbonyl (C=O) groups is 1. The predicted octanol–water partition coefficient (Wildman–Crippen LogP) is 2.19. The third kappa shape index (κ3) is 6.16. The third-order valence-corrected chi connectivity index (χ3v) is 4.14. The highest BCUT2D eigenvalue weighted by atomic mass is 16.5. The van der Waals surface area contributed by atoms with Gasteiger partial charge in [0.1, 0.15) is 0 Å². The molecule has 0 atom stereocenters. The highest BCUT2D eigenvalue weighted by molar-refractivity contribution is 5.71. The standard InChI is InChI=1S/C18H28N2O2/c1-2-3-15-22-18(21)16-20-13-11-19(12-14-20)10-9-17-7-5-4-6-8-17/h4-8H,2-3,9-16H2,1H3. The van der Waals surface area contributed by atoms with Gasteiger partial charge in [0.15, 0.2) is 0 Å². The van der Waals surface area contributed by atoms with Crippen LogP contribution in [0.15, 0.2) is 30.3 Å². The van der Waals surface area contributed by atoms with E-state index in [-0.39, 0.29) is 5.97 Å². The molecule has 0 spiro atoms. The Labute approximate surface area is 134 Å². The lowest BCUT2D eigenvalue weighted by Gasteiger charge is -2.34. The van der Waals surface area contributed by atoms with Crippen molar-refractivity contribution in [3.05, 3.63) is 35.9 Å². The summed E-state index contributed by atoms with van der Waals surface area (Å²) in [6.45, 7) is 8.18. The highest BCUT2D eigenvalue weighted by Gasteiger charge is 2.19. The molecule has 4 nitrogen and oxygen atoms in total. The fourth-order valence-electron chi connectivity index (χ4n) is 2.66. The Morgan fingerprint density at radius 1 is 1.09 bits per heavy atom. The summed E-state index contributed by atoms with van der Waals surface area (Å²) in [7, 11) is 0. The average Bonchev–Trinajstić information content (AvgIpc) is 2.55. The van der Waals surface area contributed by atoms with E-state index in [1.54, 1.807) is 0 Å². The number of hydrogen-bond donors (Lipinski definition) is 0. The van der Waals surface area contributed by atoms with E-state index in [2.05, 4.69) is 47.1 Å². The minimum Gasteiger partial charge on any atom is -0.465 e. The minimum atomic E-state index is -0.0776. The molecular weight excluding hydrogens is 276 g/mol. The summed E-state index contributed by atoms with van der Waals surface area (Å²) in [5, 5.41) is 0. The maximum Gasteiger partial charge on any atom is 0.320 e. The van der Waals surface area contributed by atoms with Crippen molar-refractivity contribution in [3.8, 4) is 0 Å². The summed E-state index contributed by atoms with van der Waals surface area (Å²) >= 11 is 0. The topological polar surface area (TPSA) is 32.8 Å². The van der Waals surface area contributed by atoms with Gasteiger partial charge in [0, 0.05) is 32.7 Å². The molecule has 0 saturated carbocycles. The number of esters is 1. The van der Waals surface area contributed by atoms with Gasteiger partial charge in [-0.05, 0) is 18.4 Å². The number of carbonyl (C=O) groups excluding carboxylic acids is 1. The highest BCUT2D eigenvalue weighted by Crippen LogP contribution is 2.05. The number of unbranched alkanes of at least 4 members (excludes halogenated alkanes) is 1. The monoisotopic (exact) mass is 304 g/mol. The van der Waals surface area contributed by atoms with E-state index in [9.17, 15) is 4.79 Å². The fraction of sp³-hybridized carbons (Fsp3) is 0.611. The van der Waals surface area contributed by atoms with Crippen LogP contribution < -0.4 is 0 Å². The van der Waals surface area contributed by atoms with E-state index in [1.165, 1.54) is 5.56 Å². The third-order valence-electron chi connectivity index (χ3n) is 4.14. The maximum absolute atomic E-state index is 11.7. The van der Waals surface area contributed by atoms with Crippen LogP contribution in [0, 0.1) is 0 Å². The molecular formula is C18H28N2O2. The molecule has 1 aliphatic rings. The number of piperazine rings is 1. The number of benzene rings is 1. The zero-order valence-electron chi connectivity index (χ0n) is 13.7. The van der Waals surface area contributed by atoms with E-state index in [0.717, 1.165) is 52.0 Å². The molecule has 1 saturated heterocycles. The normalized spacial score (nSPS) is 16.6. The largest absolute Gasteiger partial charge is 0.465 e. The smallest absolute Gasteiger partial charge is 0.320 e. The molecule has 2 rings (SSSR count). The van der Waals surface area contributed by atoms with Crippen LogP contribution in [0.5, 0.6) is 0 Å². The van der Waals surface area contributed by atoms with Crippen molar-refractivity contribution in [1.82, 2.24) is 9.80 Å². The summed E-state index contributed by atoms with van der Waals surface area (Å²) in [5.41, 5.74) is 1.39. The van der Waals surface area contributed by atoms with Crippen molar-refractivity contribution in [3.63, 3.8) is 0 Å². The lowest BCUT2D eigenvalue weighted by molar-refractivity contribution is -0.145. The van der Waals surface area contributed by atoms with Gasteiger partial charge in [-0.2, -0.15) is 0 Å². The lowest BCUT2D eigenvalue weighted by Crippen LogP contribution is -2.48. The van der Waals surface area contributed by atoms with Crippen molar-refractivity contribution in [1.29, 1.82) is 0 Å². The van der Waals surface area contributed by atoms with Gasteiger partial charge in [-0.25, -0.2) is 0 Å². The molecule has 22 heavy (non-hydrogen) atoms. The van der Waals surface area contributed by atoms with E-state index in [1.807, 2.05) is 0 Å². The summed E-state index contributed by atoms with van der Waals surface area (Å²) < 4.78 is 5.22. The van der Waals surface area contributed by atoms with Gasteiger partial charge in [-0.15, -0.1) is 0 Å². The quantitative estimate of drug-likeness (QED) is 0.544. The Balaban J connectivity index is 1.60. The second-order valence-electron chi connectivity index (χ2n) is 5.93. The zero-order chi connectivity index (χ0) is 15.6. The maximum atomic E-state index is 11.7. The van der Waals surface area contributed by atoms with E-state index >= 15 is 0 Å². The molecule has 0 N–H and O–H groups in total. The first-order valence-corrected chi connectivity index (χ1v) is 8.42.